The van der Waals surface area contributed by atoms with Gasteiger partial charge in [-0.15, -0.1) is 11.3 Å². The second-order valence-electron chi connectivity index (χ2n) is 4.89. The highest BCUT2D eigenvalue weighted by Gasteiger charge is 2.16. The average Bonchev–Trinajstić information content (AvgIpc) is 3.07. The topological polar surface area (TPSA) is 83.8 Å². The number of ether oxygens (including phenoxy) is 1. The zero-order chi connectivity index (χ0) is 16.6. The summed E-state index contributed by atoms with van der Waals surface area (Å²) in [5, 5.41) is 4.33. The fourth-order valence-electron chi connectivity index (χ4n) is 2.12. The summed E-state index contributed by atoms with van der Waals surface area (Å²) in [7, 11) is 0. The molecule has 0 radical (unpaired) electrons. The normalized spacial score (nSPS) is 10.2. The van der Waals surface area contributed by atoms with Crippen molar-refractivity contribution in [2.45, 2.75) is 6.42 Å². The predicted octanol–water partition coefficient (Wildman–Crippen LogP) is 4.95. The van der Waals surface area contributed by atoms with Crippen LogP contribution in [0.15, 0.2) is 59.8 Å². The lowest BCUT2D eigenvalue weighted by atomic mass is 10.2. The Morgan fingerprint density at radius 1 is 1.12 bits per heavy atom. The molecule has 0 bridgehead atoms. The lowest BCUT2D eigenvalue weighted by Gasteiger charge is -2.04. The number of hydrogen-bond donors (Lipinski definition) is 0. The summed E-state index contributed by atoms with van der Waals surface area (Å²) in [6, 6.07) is 15.8. The van der Waals surface area contributed by atoms with Crippen LogP contribution in [-0.2, 0) is 0 Å². The van der Waals surface area contributed by atoms with Crippen molar-refractivity contribution in [2.75, 3.05) is 13.2 Å². The molecule has 0 aliphatic carbocycles. The molecule has 0 fully saturated rings. The van der Waals surface area contributed by atoms with Gasteiger partial charge in [0.15, 0.2) is 0 Å². The van der Waals surface area contributed by atoms with Gasteiger partial charge in [-0.3, -0.25) is 4.98 Å². The molecule has 2 heterocycles. The molecule has 1 aromatic carbocycles. The molecule has 0 spiro atoms. The first-order chi connectivity index (χ1) is 11.9. The van der Waals surface area contributed by atoms with E-state index >= 15 is 0 Å². The van der Waals surface area contributed by atoms with E-state index < -0.39 is 0 Å². The Morgan fingerprint density at radius 3 is 2.71 bits per heavy atom. The molecule has 0 atom stereocenters. The largest absolute Gasteiger partial charge is 0.477 e. The fraction of sp³-hybridized carbons (Fsp3) is 0.176. The van der Waals surface area contributed by atoms with Gasteiger partial charge in [0.1, 0.15) is 5.01 Å². The summed E-state index contributed by atoms with van der Waals surface area (Å²) in [5.41, 5.74) is 10.2. The number of aromatic nitrogens is 2. The minimum Gasteiger partial charge on any atom is -0.477 e. The van der Waals surface area contributed by atoms with E-state index in [2.05, 4.69) is 20.0 Å². The third-order valence-electron chi connectivity index (χ3n) is 3.22. The zero-order valence-corrected chi connectivity index (χ0v) is 13.7. The number of azide groups is 1. The Labute approximate surface area is 143 Å². The van der Waals surface area contributed by atoms with E-state index in [1.165, 1.54) is 0 Å². The Balaban J connectivity index is 1.87. The Morgan fingerprint density at radius 2 is 1.96 bits per heavy atom. The van der Waals surface area contributed by atoms with Gasteiger partial charge in [-0.05, 0) is 29.6 Å². The number of benzene rings is 1. The van der Waals surface area contributed by atoms with E-state index in [1.54, 1.807) is 17.5 Å². The molecule has 0 aliphatic heterocycles. The van der Waals surface area contributed by atoms with Gasteiger partial charge in [-0.2, -0.15) is 4.98 Å². The maximum atomic E-state index is 8.30. The summed E-state index contributed by atoms with van der Waals surface area (Å²) in [4.78, 5) is 12.7. The third-order valence-corrected chi connectivity index (χ3v) is 4.33. The van der Waals surface area contributed by atoms with E-state index in [9.17, 15) is 0 Å². The van der Waals surface area contributed by atoms with Crippen molar-refractivity contribution >= 4 is 11.3 Å². The standard InChI is InChI=1S/C17H15N5OS/c18-22-20-11-6-12-23-16-15(13-7-2-1-3-8-13)24-17(21-16)14-9-4-5-10-19-14/h1-5,7-10H,6,11-12H2. The lowest BCUT2D eigenvalue weighted by molar-refractivity contribution is 0.305. The Bertz CT molecular complexity index is 829. The highest BCUT2D eigenvalue weighted by molar-refractivity contribution is 7.18. The second kappa shape index (κ2) is 8.10. The summed E-state index contributed by atoms with van der Waals surface area (Å²) >= 11 is 1.55. The van der Waals surface area contributed by atoms with Gasteiger partial charge in [0.25, 0.3) is 0 Å². The molecular formula is C17H15N5OS. The van der Waals surface area contributed by atoms with Crippen molar-refractivity contribution in [3.63, 3.8) is 0 Å². The Kier molecular flexibility index (Phi) is 5.40. The number of nitrogens with zero attached hydrogens (tertiary/aromatic N) is 5. The van der Waals surface area contributed by atoms with Crippen LogP contribution in [0.1, 0.15) is 6.42 Å². The maximum absolute atomic E-state index is 8.30. The molecule has 0 saturated heterocycles. The molecule has 24 heavy (non-hydrogen) atoms. The molecule has 6 nitrogen and oxygen atoms in total. The highest BCUT2D eigenvalue weighted by Crippen LogP contribution is 2.39. The number of thiazole rings is 1. The molecule has 0 aliphatic rings. The van der Waals surface area contributed by atoms with Crippen LogP contribution in [-0.4, -0.2) is 23.1 Å². The SMILES string of the molecule is [N-]=[N+]=NCCCOc1nc(-c2ccccn2)sc1-c1ccccc1. The van der Waals surface area contributed by atoms with Gasteiger partial charge >= 0.3 is 0 Å². The summed E-state index contributed by atoms with van der Waals surface area (Å²) in [5.74, 6) is 0.591. The van der Waals surface area contributed by atoms with Crippen molar-refractivity contribution in [2.24, 2.45) is 5.11 Å². The molecule has 0 saturated carbocycles. The minimum atomic E-state index is 0.411. The van der Waals surface area contributed by atoms with Crippen molar-refractivity contribution in [3.05, 3.63) is 65.2 Å². The molecule has 7 heteroatoms. The van der Waals surface area contributed by atoms with E-state index in [1.807, 2.05) is 48.5 Å². The van der Waals surface area contributed by atoms with Crippen LogP contribution in [0.2, 0.25) is 0 Å². The van der Waals surface area contributed by atoms with E-state index in [-0.39, 0.29) is 0 Å². The first kappa shape index (κ1) is 16.0. The van der Waals surface area contributed by atoms with Crippen molar-refractivity contribution < 1.29 is 4.74 Å². The van der Waals surface area contributed by atoms with E-state index in [0.717, 1.165) is 21.1 Å². The van der Waals surface area contributed by atoms with Gasteiger partial charge in [0.05, 0.1) is 17.2 Å². The molecule has 120 valence electrons. The van der Waals surface area contributed by atoms with Crippen LogP contribution in [0.5, 0.6) is 5.88 Å². The lowest BCUT2D eigenvalue weighted by Crippen LogP contribution is -2.00. The molecule has 0 N–H and O–H groups in total. The maximum Gasteiger partial charge on any atom is 0.233 e. The molecule has 3 aromatic rings. The highest BCUT2D eigenvalue weighted by atomic mass is 32.1. The quantitative estimate of drug-likeness (QED) is 0.264. The predicted molar refractivity (Wildman–Crippen MR) is 94.9 cm³/mol. The molecule has 3 rings (SSSR count). The van der Waals surface area contributed by atoms with Crippen LogP contribution >= 0.6 is 11.3 Å². The van der Waals surface area contributed by atoms with Crippen molar-refractivity contribution in [1.82, 2.24) is 9.97 Å². The summed E-state index contributed by atoms with van der Waals surface area (Å²) < 4.78 is 5.83. The van der Waals surface area contributed by atoms with Crippen LogP contribution in [0, 0.1) is 0 Å². The van der Waals surface area contributed by atoms with E-state index in [4.69, 9.17) is 10.3 Å². The first-order valence-corrected chi connectivity index (χ1v) is 8.31. The van der Waals surface area contributed by atoms with Gasteiger partial charge in [-0.1, -0.05) is 41.5 Å². The molecule has 0 unspecified atom stereocenters. The Hall–Kier alpha value is -2.89. The molecular weight excluding hydrogens is 322 g/mol. The summed E-state index contributed by atoms with van der Waals surface area (Å²) in [6.45, 7) is 0.860. The van der Waals surface area contributed by atoms with Crippen LogP contribution in [0.3, 0.4) is 0 Å². The second-order valence-corrected chi connectivity index (χ2v) is 5.89. The van der Waals surface area contributed by atoms with Gasteiger partial charge < -0.3 is 4.74 Å². The van der Waals surface area contributed by atoms with Crippen molar-refractivity contribution in [1.29, 1.82) is 0 Å². The first-order valence-electron chi connectivity index (χ1n) is 7.50. The third kappa shape index (κ3) is 3.90. The number of hydrogen-bond acceptors (Lipinski definition) is 5. The van der Waals surface area contributed by atoms with Gasteiger partial charge in [0, 0.05) is 17.7 Å². The monoisotopic (exact) mass is 337 g/mol. The summed E-state index contributed by atoms with van der Waals surface area (Å²) in [6.07, 6.45) is 2.40. The molecule has 2 aromatic heterocycles. The number of rotatable bonds is 7. The van der Waals surface area contributed by atoms with E-state index in [0.29, 0.717) is 25.5 Å². The molecule has 0 amide bonds. The van der Waals surface area contributed by atoms with Gasteiger partial charge in [0.2, 0.25) is 5.88 Å². The van der Waals surface area contributed by atoms with Gasteiger partial charge in [-0.25, -0.2) is 0 Å². The average molecular weight is 337 g/mol. The van der Waals surface area contributed by atoms with Crippen molar-refractivity contribution in [3.8, 4) is 27.0 Å². The van der Waals surface area contributed by atoms with Crippen LogP contribution < -0.4 is 4.74 Å². The fourth-order valence-corrected chi connectivity index (χ4v) is 3.12. The smallest absolute Gasteiger partial charge is 0.233 e. The van der Waals surface area contributed by atoms with Crippen LogP contribution in [0.25, 0.3) is 31.6 Å². The number of pyridine rings is 1. The van der Waals surface area contributed by atoms with Crippen LogP contribution in [0.4, 0.5) is 0 Å². The minimum absolute atomic E-state index is 0.411. The zero-order valence-electron chi connectivity index (χ0n) is 12.9.